The lowest BCUT2D eigenvalue weighted by Crippen LogP contribution is -2.27. The van der Waals surface area contributed by atoms with Gasteiger partial charge in [-0.3, -0.25) is 14.9 Å². The normalized spacial score (nSPS) is 12.4. The second kappa shape index (κ2) is 7.68. The van der Waals surface area contributed by atoms with Crippen molar-refractivity contribution in [2.24, 2.45) is 0 Å². The average Bonchev–Trinajstić information content (AvgIpc) is 3.35. The number of rotatable bonds is 4. The molecular formula is C22H16Cl2N6O. The van der Waals surface area contributed by atoms with Gasteiger partial charge in [-0.1, -0.05) is 23.2 Å². The molecular weight excluding hydrogens is 435 g/mol. The maximum absolute atomic E-state index is 12.8. The lowest BCUT2D eigenvalue weighted by atomic mass is 10.1. The molecule has 3 heterocycles. The molecule has 0 aliphatic heterocycles. The van der Waals surface area contributed by atoms with E-state index in [2.05, 4.69) is 30.5 Å². The Bertz CT molecular complexity index is 1410. The minimum atomic E-state index is -0.323. The quantitative estimate of drug-likeness (QED) is 0.345. The van der Waals surface area contributed by atoms with E-state index in [4.69, 9.17) is 23.2 Å². The zero-order valence-electron chi connectivity index (χ0n) is 16.3. The predicted octanol–water partition coefficient (Wildman–Crippen LogP) is 5.30. The Hall–Kier alpha value is -3.42. The summed E-state index contributed by atoms with van der Waals surface area (Å²) < 4.78 is 0. The molecule has 7 nitrogen and oxygen atoms in total. The highest BCUT2D eigenvalue weighted by molar-refractivity contribution is 6.34. The van der Waals surface area contributed by atoms with Crippen molar-refractivity contribution in [1.29, 1.82) is 0 Å². The van der Waals surface area contributed by atoms with E-state index in [1.807, 2.05) is 31.2 Å². The first-order valence-corrected chi connectivity index (χ1v) is 10.3. The van der Waals surface area contributed by atoms with Crippen molar-refractivity contribution in [2.45, 2.75) is 13.0 Å². The average molecular weight is 451 g/mol. The molecule has 1 atom stereocenters. The molecule has 0 saturated carbocycles. The van der Waals surface area contributed by atoms with Gasteiger partial charge in [-0.05, 0) is 55.0 Å². The first-order chi connectivity index (χ1) is 15.0. The highest BCUT2D eigenvalue weighted by Crippen LogP contribution is 2.29. The van der Waals surface area contributed by atoms with Crippen LogP contribution in [0.4, 0.5) is 0 Å². The Labute approximate surface area is 186 Å². The Kier molecular flexibility index (Phi) is 4.84. The van der Waals surface area contributed by atoms with Crippen LogP contribution >= 0.6 is 23.2 Å². The molecule has 0 bridgehead atoms. The van der Waals surface area contributed by atoms with E-state index < -0.39 is 0 Å². The zero-order chi connectivity index (χ0) is 21.5. The van der Waals surface area contributed by atoms with Gasteiger partial charge in [-0.15, -0.1) is 0 Å². The summed E-state index contributed by atoms with van der Waals surface area (Å²) in [7, 11) is 0. The van der Waals surface area contributed by atoms with E-state index in [1.54, 1.807) is 30.6 Å². The summed E-state index contributed by atoms with van der Waals surface area (Å²) in [5, 5.41) is 12.3. The Morgan fingerprint density at radius 2 is 1.77 bits per heavy atom. The van der Waals surface area contributed by atoms with E-state index in [1.165, 1.54) is 0 Å². The molecule has 5 rings (SSSR count). The fourth-order valence-corrected chi connectivity index (χ4v) is 4.08. The Balaban J connectivity index is 1.46. The molecule has 3 N–H and O–H groups in total. The number of pyridine rings is 1. The van der Waals surface area contributed by atoms with Crippen molar-refractivity contribution in [3.8, 4) is 11.3 Å². The van der Waals surface area contributed by atoms with Gasteiger partial charge in [0.2, 0.25) is 0 Å². The summed E-state index contributed by atoms with van der Waals surface area (Å²) in [6, 6.07) is 12.5. The molecule has 9 heteroatoms. The molecule has 0 unspecified atom stereocenters. The highest BCUT2D eigenvalue weighted by Gasteiger charge is 2.17. The number of hydrogen-bond donors (Lipinski definition) is 3. The number of imidazole rings is 1. The molecule has 5 aromatic rings. The Morgan fingerprint density at radius 3 is 2.52 bits per heavy atom. The highest BCUT2D eigenvalue weighted by atomic mass is 35.5. The lowest BCUT2D eigenvalue weighted by Gasteiger charge is -2.14. The van der Waals surface area contributed by atoms with Gasteiger partial charge >= 0.3 is 0 Å². The van der Waals surface area contributed by atoms with E-state index >= 15 is 0 Å². The number of carbonyl (C=O) groups is 1. The third kappa shape index (κ3) is 3.73. The van der Waals surface area contributed by atoms with Crippen molar-refractivity contribution >= 4 is 51.0 Å². The standard InChI is InChI=1S/C22H16Cl2N6O/c1-11(13-6-14(23)8-15(24)7-13)26-22(31)21-27-18-9-16-17(10-19(18)28-21)29-30-20(16)12-2-4-25-5-3-12/h2-11H,1H3,(H,26,31)(H,27,28)(H,29,30)/t11-/m1/s1. The monoisotopic (exact) mass is 450 g/mol. The first-order valence-electron chi connectivity index (χ1n) is 9.53. The fourth-order valence-electron chi connectivity index (χ4n) is 3.53. The molecule has 0 radical (unpaired) electrons. The number of nitrogens with one attached hydrogen (secondary N) is 3. The molecule has 154 valence electrons. The molecule has 0 aliphatic carbocycles. The van der Waals surface area contributed by atoms with Crippen molar-refractivity contribution in [1.82, 2.24) is 30.5 Å². The van der Waals surface area contributed by atoms with Crippen LogP contribution in [0.15, 0.2) is 54.9 Å². The summed E-state index contributed by atoms with van der Waals surface area (Å²) in [5.41, 5.74) is 4.82. The molecule has 0 aliphatic rings. The van der Waals surface area contributed by atoms with Gasteiger partial charge in [0.05, 0.1) is 22.6 Å². The third-order valence-corrected chi connectivity index (χ3v) is 5.50. The molecule has 0 spiro atoms. The minimum absolute atomic E-state index is 0.223. The van der Waals surface area contributed by atoms with Gasteiger partial charge in [-0.2, -0.15) is 5.10 Å². The summed E-state index contributed by atoms with van der Waals surface area (Å²) in [5.74, 6) is -0.100. The molecule has 0 saturated heterocycles. The fraction of sp³-hybridized carbons (Fsp3) is 0.0909. The van der Waals surface area contributed by atoms with Crippen LogP contribution < -0.4 is 5.32 Å². The number of aromatic nitrogens is 5. The largest absolute Gasteiger partial charge is 0.343 e. The molecule has 2 aromatic carbocycles. The van der Waals surface area contributed by atoms with Crippen molar-refractivity contribution < 1.29 is 4.79 Å². The van der Waals surface area contributed by atoms with Crippen molar-refractivity contribution in [3.63, 3.8) is 0 Å². The van der Waals surface area contributed by atoms with Crippen LogP contribution in [0.2, 0.25) is 10.0 Å². The number of halogens is 2. The van der Waals surface area contributed by atoms with Crippen molar-refractivity contribution in [3.05, 3.63) is 76.3 Å². The van der Waals surface area contributed by atoms with Gasteiger partial charge in [-0.25, -0.2) is 4.98 Å². The number of H-pyrrole nitrogens is 2. The topological polar surface area (TPSA) is 99.3 Å². The lowest BCUT2D eigenvalue weighted by molar-refractivity contribution is 0.0930. The minimum Gasteiger partial charge on any atom is -0.343 e. The summed E-state index contributed by atoms with van der Waals surface area (Å²) in [6.45, 7) is 1.86. The molecule has 31 heavy (non-hydrogen) atoms. The van der Waals surface area contributed by atoms with Crippen LogP contribution in [0.1, 0.15) is 29.1 Å². The van der Waals surface area contributed by atoms with E-state index in [-0.39, 0.29) is 17.8 Å². The number of benzene rings is 2. The van der Waals surface area contributed by atoms with Gasteiger partial charge in [0, 0.05) is 33.4 Å². The zero-order valence-corrected chi connectivity index (χ0v) is 17.8. The number of nitrogens with zero attached hydrogens (tertiary/aromatic N) is 3. The van der Waals surface area contributed by atoms with Gasteiger partial charge < -0.3 is 10.3 Å². The van der Waals surface area contributed by atoms with Crippen LogP contribution in [0.5, 0.6) is 0 Å². The molecule has 3 aromatic heterocycles. The number of hydrogen-bond acceptors (Lipinski definition) is 4. The van der Waals surface area contributed by atoms with Gasteiger partial charge in [0.15, 0.2) is 5.82 Å². The van der Waals surface area contributed by atoms with Crippen LogP contribution in [0, 0.1) is 0 Å². The van der Waals surface area contributed by atoms with Crippen molar-refractivity contribution in [2.75, 3.05) is 0 Å². The second-order valence-electron chi connectivity index (χ2n) is 7.21. The summed E-state index contributed by atoms with van der Waals surface area (Å²) in [4.78, 5) is 24.4. The maximum atomic E-state index is 12.8. The van der Waals surface area contributed by atoms with Crippen LogP contribution in [0.3, 0.4) is 0 Å². The maximum Gasteiger partial charge on any atom is 0.287 e. The smallest absolute Gasteiger partial charge is 0.287 e. The molecule has 1 amide bonds. The van der Waals surface area contributed by atoms with E-state index in [9.17, 15) is 4.79 Å². The predicted molar refractivity (Wildman–Crippen MR) is 121 cm³/mol. The number of aromatic amines is 2. The second-order valence-corrected chi connectivity index (χ2v) is 8.08. The summed E-state index contributed by atoms with van der Waals surface area (Å²) in [6.07, 6.45) is 3.44. The van der Waals surface area contributed by atoms with Gasteiger partial charge in [0.1, 0.15) is 5.69 Å². The van der Waals surface area contributed by atoms with E-state index in [0.29, 0.717) is 15.6 Å². The number of carbonyl (C=O) groups excluding carboxylic acids is 1. The third-order valence-electron chi connectivity index (χ3n) is 5.07. The van der Waals surface area contributed by atoms with E-state index in [0.717, 1.165) is 33.2 Å². The molecule has 0 fully saturated rings. The summed E-state index contributed by atoms with van der Waals surface area (Å²) >= 11 is 12.1. The number of fused-ring (bicyclic) bond motifs is 2. The van der Waals surface area contributed by atoms with Crippen LogP contribution in [-0.2, 0) is 0 Å². The van der Waals surface area contributed by atoms with Crippen LogP contribution in [0.25, 0.3) is 33.2 Å². The SMILES string of the molecule is C[C@@H](NC(=O)c1nc2cc3c(-c4ccncc4)n[nH]c3cc2[nH]1)c1cc(Cl)cc(Cl)c1. The van der Waals surface area contributed by atoms with Crippen LogP contribution in [-0.4, -0.2) is 31.1 Å². The number of amides is 1. The van der Waals surface area contributed by atoms with Gasteiger partial charge in [0.25, 0.3) is 5.91 Å². The Morgan fingerprint density at radius 1 is 1.03 bits per heavy atom. The first kappa shape index (κ1) is 19.5.